The summed E-state index contributed by atoms with van der Waals surface area (Å²) < 4.78 is 0. The Hall–Kier alpha value is -3.67. The highest BCUT2D eigenvalue weighted by Gasteiger charge is 2.37. The highest BCUT2D eigenvalue weighted by molar-refractivity contribution is 7.16. The zero-order valence-corrected chi connectivity index (χ0v) is 28.8. The van der Waals surface area contributed by atoms with Crippen LogP contribution in [0.4, 0.5) is 0 Å². The fourth-order valence-corrected chi connectivity index (χ4v) is 8.00. The molecule has 4 aromatic rings. The minimum absolute atomic E-state index is 0.0660. The van der Waals surface area contributed by atoms with Gasteiger partial charge in [-0.05, 0) is 67.3 Å². The molecule has 0 bridgehead atoms. The number of aliphatic hydroxyl groups is 2. The van der Waals surface area contributed by atoms with Gasteiger partial charge < -0.3 is 20.8 Å². The lowest BCUT2D eigenvalue weighted by molar-refractivity contribution is -0.132. The number of carbonyl (C=O) groups excluding carboxylic acids is 2. The molecule has 0 unspecified atom stereocenters. The molecular formula is C38H47N5O4S. The van der Waals surface area contributed by atoms with E-state index in [2.05, 4.69) is 36.9 Å². The van der Waals surface area contributed by atoms with E-state index in [1.807, 2.05) is 87.6 Å². The van der Waals surface area contributed by atoms with Gasteiger partial charge in [-0.1, -0.05) is 60.7 Å². The van der Waals surface area contributed by atoms with Crippen LogP contribution in [0.25, 0.3) is 10.2 Å². The van der Waals surface area contributed by atoms with Gasteiger partial charge in [0.05, 0.1) is 18.2 Å². The van der Waals surface area contributed by atoms with E-state index in [1.54, 1.807) is 11.3 Å². The molecule has 2 aromatic carbocycles. The molecule has 6 rings (SSSR count). The average Bonchev–Trinajstić information content (AvgIpc) is 3.60. The smallest absolute Gasteiger partial charge is 0.239 e. The summed E-state index contributed by atoms with van der Waals surface area (Å²) in [7, 11) is 0. The van der Waals surface area contributed by atoms with Crippen LogP contribution in [-0.4, -0.2) is 86.8 Å². The van der Waals surface area contributed by atoms with Gasteiger partial charge in [-0.2, -0.15) is 0 Å². The maximum absolute atomic E-state index is 13.9. The summed E-state index contributed by atoms with van der Waals surface area (Å²) in [5, 5.41) is 32.0. The Labute approximate surface area is 287 Å². The van der Waals surface area contributed by atoms with E-state index in [-0.39, 0.29) is 24.8 Å². The first kappa shape index (κ1) is 34.2. The van der Waals surface area contributed by atoms with Gasteiger partial charge in [0.1, 0.15) is 10.9 Å². The first-order valence-corrected chi connectivity index (χ1v) is 17.8. The van der Waals surface area contributed by atoms with Crippen LogP contribution in [0, 0.1) is 5.92 Å². The summed E-state index contributed by atoms with van der Waals surface area (Å²) >= 11 is 1.63. The maximum Gasteiger partial charge on any atom is 0.239 e. The Morgan fingerprint density at radius 2 is 1.81 bits per heavy atom. The first-order valence-electron chi connectivity index (χ1n) is 16.9. The number of β-amino-alcohol motifs (C(OH)–C–C–N with tert-alkyl or cyclic N) is 1. The van der Waals surface area contributed by atoms with Crippen molar-refractivity contribution in [3.8, 4) is 0 Å². The predicted octanol–water partition coefficient (Wildman–Crippen LogP) is 4.08. The Morgan fingerprint density at radius 1 is 1.04 bits per heavy atom. The van der Waals surface area contributed by atoms with E-state index in [0.717, 1.165) is 40.0 Å². The SMILES string of the molecule is CC(C)(C)NC(=O)[C@@H]1CN(Cc2csc3ncccc23)CCN1C[C@@H](O)C[C@H](Cc1ccccc1)C(=O)N[C@H]1c2ccccc2C[C@H]1O. The molecule has 4 N–H and O–H groups in total. The lowest BCUT2D eigenvalue weighted by atomic mass is 9.91. The molecule has 3 heterocycles. The van der Waals surface area contributed by atoms with Crippen molar-refractivity contribution in [3.63, 3.8) is 0 Å². The number of aliphatic hydroxyl groups excluding tert-OH is 2. The third-order valence-electron chi connectivity index (χ3n) is 9.40. The molecule has 1 aliphatic carbocycles. The van der Waals surface area contributed by atoms with Crippen LogP contribution < -0.4 is 10.6 Å². The lowest BCUT2D eigenvalue weighted by Crippen LogP contribution is -2.61. The van der Waals surface area contributed by atoms with Crippen molar-refractivity contribution in [2.24, 2.45) is 5.92 Å². The van der Waals surface area contributed by atoms with Gasteiger partial charge >= 0.3 is 0 Å². The second-order valence-corrected chi connectivity index (χ2v) is 15.2. The number of benzene rings is 2. The molecule has 0 spiro atoms. The van der Waals surface area contributed by atoms with E-state index < -0.39 is 35.7 Å². The molecule has 5 atom stereocenters. The minimum atomic E-state index is -0.839. The number of thiophene rings is 1. The summed E-state index contributed by atoms with van der Waals surface area (Å²) in [5.41, 5.74) is 3.79. The van der Waals surface area contributed by atoms with Crippen LogP contribution in [0.2, 0.25) is 0 Å². The number of aromatic nitrogens is 1. The van der Waals surface area contributed by atoms with Crippen molar-refractivity contribution in [1.82, 2.24) is 25.4 Å². The minimum Gasteiger partial charge on any atom is -0.392 e. The number of rotatable bonds is 11. The van der Waals surface area contributed by atoms with Crippen LogP contribution in [-0.2, 0) is 29.0 Å². The van der Waals surface area contributed by atoms with E-state index in [0.29, 0.717) is 25.9 Å². The zero-order chi connectivity index (χ0) is 33.8. The molecule has 0 saturated carbocycles. The van der Waals surface area contributed by atoms with Gasteiger partial charge in [0, 0.05) is 62.2 Å². The van der Waals surface area contributed by atoms with E-state index in [4.69, 9.17) is 0 Å². The summed E-state index contributed by atoms with van der Waals surface area (Å²) in [4.78, 5) is 37.5. The van der Waals surface area contributed by atoms with Gasteiger partial charge in [0.2, 0.25) is 11.8 Å². The number of nitrogens with one attached hydrogen (secondary N) is 2. The Bertz CT molecular complexity index is 1710. The van der Waals surface area contributed by atoms with E-state index in [9.17, 15) is 19.8 Å². The predicted molar refractivity (Wildman–Crippen MR) is 189 cm³/mol. The molecule has 2 amide bonds. The number of hydrogen-bond donors (Lipinski definition) is 4. The second-order valence-electron chi connectivity index (χ2n) is 14.3. The van der Waals surface area contributed by atoms with Gasteiger partial charge in [-0.25, -0.2) is 4.98 Å². The van der Waals surface area contributed by atoms with Crippen LogP contribution in [0.5, 0.6) is 0 Å². The van der Waals surface area contributed by atoms with Gasteiger partial charge in [-0.3, -0.25) is 19.4 Å². The van der Waals surface area contributed by atoms with Crippen molar-refractivity contribution in [2.45, 2.75) is 76.4 Å². The maximum atomic E-state index is 13.9. The summed E-state index contributed by atoms with van der Waals surface area (Å²) in [6.45, 7) is 8.80. The second kappa shape index (κ2) is 14.8. The number of nitrogens with zero attached hydrogens (tertiary/aromatic N) is 3. The number of piperazine rings is 1. The summed E-state index contributed by atoms with van der Waals surface area (Å²) in [6, 6.07) is 20.7. The van der Waals surface area contributed by atoms with Crippen LogP contribution in [0.1, 0.15) is 55.5 Å². The zero-order valence-electron chi connectivity index (χ0n) is 28.0. The van der Waals surface area contributed by atoms with Crippen molar-refractivity contribution < 1.29 is 19.8 Å². The number of amides is 2. The average molecular weight is 670 g/mol. The molecular weight excluding hydrogens is 623 g/mol. The number of fused-ring (bicyclic) bond motifs is 2. The Balaban J connectivity index is 1.16. The third kappa shape index (κ3) is 8.30. The quantitative estimate of drug-likeness (QED) is 0.190. The third-order valence-corrected chi connectivity index (χ3v) is 10.4. The molecule has 0 radical (unpaired) electrons. The highest BCUT2D eigenvalue weighted by Crippen LogP contribution is 2.32. The van der Waals surface area contributed by atoms with E-state index in [1.165, 1.54) is 5.56 Å². The highest BCUT2D eigenvalue weighted by atomic mass is 32.1. The van der Waals surface area contributed by atoms with Gasteiger partial charge in [0.25, 0.3) is 0 Å². The molecule has 1 saturated heterocycles. The first-order chi connectivity index (χ1) is 23.0. The van der Waals surface area contributed by atoms with Crippen LogP contribution in [0.3, 0.4) is 0 Å². The molecule has 1 aliphatic heterocycles. The number of pyridine rings is 1. The fraction of sp³-hybridized carbons (Fsp3) is 0.447. The summed E-state index contributed by atoms with van der Waals surface area (Å²) in [5.74, 6) is -0.780. The lowest BCUT2D eigenvalue weighted by Gasteiger charge is -2.42. The molecule has 254 valence electrons. The Morgan fingerprint density at radius 3 is 2.60 bits per heavy atom. The van der Waals surface area contributed by atoms with Crippen LogP contribution >= 0.6 is 11.3 Å². The van der Waals surface area contributed by atoms with Crippen molar-refractivity contribution in [2.75, 3.05) is 26.2 Å². The van der Waals surface area contributed by atoms with Gasteiger partial charge in [0.15, 0.2) is 0 Å². The van der Waals surface area contributed by atoms with Crippen LogP contribution in [0.15, 0.2) is 78.3 Å². The number of carbonyl (C=O) groups is 2. The fourth-order valence-electron chi connectivity index (χ4n) is 7.10. The van der Waals surface area contributed by atoms with Crippen molar-refractivity contribution in [3.05, 3.63) is 101 Å². The monoisotopic (exact) mass is 669 g/mol. The Kier molecular flexibility index (Phi) is 10.6. The molecule has 10 heteroatoms. The summed E-state index contributed by atoms with van der Waals surface area (Å²) in [6.07, 6.45) is 1.46. The van der Waals surface area contributed by atoms with Crippen molar-refractivity contribution >= 4 is 33.4 Å². The molecule has 48 heavy (non-hydrogen) atoms. The molecule has 9 nitrogen and oxygen atoms in total. The molecule has 2 aliphatic rings. The largest absolute Gasteiger partial charge is 0.392 e. The number of hydrogen-bond acceptors (Lipinski definition) is 8. The standard InChI is InChI=1S/C38H47N5O4S/c1-38(2,3)41-36(47)32-23-42(21-28-24-48-37-31(28)14-9-15-39-37)16-17-43(32)22-29(44)19-27(18-25-10-5-4-6-11-25)35(46)40-34-30-13-8-7-12-26(30)20-33(34)45/h4-15,24,27,29,32-34,44-45H,16-23H2,1-3H3,(H,40,46)(H,41,47)/t27-,29-,32-,33+,34-/m0/s1. The molecule has 2 aromatic heterocycles. The van der Waals surface area contributed by atoms with E-state index >= 15 is 0 Å². The van der Waals surface area contributed by atoms with Crippen molar-refractivity contribution in [1.29, 1.82) is 0 Å². The topological polar surface area (TPSA) is 118 Å². The molecule has 1 fully saturated rings. The van der Waals surface area contributed by atoms with Gasteiger partial charge in [-0.15, -0.1) is 11.3 Å². The normalized spacial score (nSPS) is 21.5.